The zero-order valence-electron chi connectivity index (χ0n) is 12.5. The molecular formula is C15H22FNO2. The van der Waals surface area contributed by atoms with Crippen molar-refractivity contribution >= 4 is 5.91 Å². The van der Waals surface area contributed by atoms with Gasteiger partial charge in [0.15, 0.2) is 0 Å². The summed E-state index contributed by atoms with van der Waals surface area (Å²) < 4.78 is 18.8. The van der Waals surface area contributed by atoms with E-state index in [1.807, 2.05) is 27.7 Å². The monoisotopic (exact) mass is 267 g/mol. The normalized spacial score (nSPS) is 13.0. The summed E-state index contributed by atoms with van der Waals surface area (Å²) >= 11 is 0. The molecule has 0 spiro atoms. The first-order valence-electron chi connectivity index (χ1n) is 6.29. The Balaban J connectivity index is 3.01. The topological polar surface area (TPSA) is 29.5 Å². The van der Waals surface area contributed by atoms with Crippen LogP contribution < -0.4 is 4.74 Å². The van der Waals surface area contributed by atoms with Crippen LogP contribution in [0.3, 0.4) is 0 Å². The Morgan fingerprint density at radius 2 is 1.95 bits per heavy atom. The van der Waals surface area contributed by atoms with Crippen molar-refractivity contribution in [1.82, 2.24) is 4.90 Å². The second kappa shape index (κ2) is 5.59. The average Bonchev–Trinajstić information content (AvgIpc) is 2.34. The van der Waals surface area contributed by atoms with Crippen molar-refractivity contribution < 1.29 is 13.9 Å². The summed E-state index contributed by atoms with van der Waals surface area (Å²) in [6.45, 7) is 8.10. The van der Waals surface area contributed by atoms with Crippen LogP contribution in [0.5, 0.6) is 5.75 Å². The lowest BCUT2D eigenvalue weighted by molar-refractivity contribution is 0.0624. The molecule has 0 aliphatic heterocycles. The molecule has 1 atom stereocenters. The molecule has 4 heteroatoms. The van der Waals surface area contributed by atoms with Gasteiger partial charge in [0.05, 0.1) is 12.7 Å². The fourth-order valence-corrected chi connectivity index (χ4v) is 1.74. The van der Waals surface area contributed by atoms with E-state index in [-0.39, 0.29) is 22.9 Å². The summed E-state index contributed by atoms with van der Waals surface area (Å²) in [5.41, 5.74) is 0.00674. The highest BCUT2D eigenvalue weighted by atomic mass is 19.1. The molecule has 0 aliphatic rings. The lowest BCUT2D eigenvalue weighted by atomic mass is 9.87. The van der Waals surface area contributed by atoms with Crippen LogP contribution in [0, 0.1) is 11.2 Å². The fraction of sp³-hybridized carbons (Fsp3) is 0.533. The maximum Gasteiger partial charge on any atom is 0.256 e. The number of rotatable bonds is 3. The van der Waals surface area contributed by atoms with E-state index in [1.54, 1.807) is 18.0 Å². The Hall–Kier alpha value is -1.58. The highest BCUT2D eigenvalue weighted by Crippen LogP contribution is 2.25. The van der Waals surface area contributed by atoms with Gasteiger partial charge in [0, 0.05) is 19.2 Å². The molecule has 3 nitrogen and oxygen atoms in total. The zero-order chi connectivity index (χ0) is 14.8. The van der Waals surface area contributed by atoms with Gasteiger partial charge in [-0.1, -0.05) is 20.8 Å². The van der Waals surface area contributed by atoms with E-state index < -0.39 is 5.82 Å². The molecule has 1 aromatic carbocycles. The van der Waals surface area contributed by atoms with Crippen molar-refractivity contribution in [1.29, 1.82) is 0 Å². The van der Waals surface area contributed by atoms with Gasteiger partial charge in [-0.3, -0.25) is 4.79 Å². The van der Waals surface area contributed by atoms with Gasteiger partial charge in [0.2, 0.25) is 0 Å². The lowest BCUT2D eigenvalue weighted by Crippen LogP contribution is -2.43. The van der Waals surface area contributed by atoms with Gasteiger partial charge in [-0.2, -0.15) is 0 Å². The Morgan fingerprint density at radius 1 is 1.37 bits per heavy atom. The van der Waals surface area contributed by atoms with E-state index >= 15 is 0 Å². The molecule has 1 aromatic rings. The number of ether oxygens (including phenoxy) is 1. The maximum absolute atomic E-state index is 13.9. The first-order valence-corrected chi connectivity index (χ1v) is 6.29. The summed E-state index contributed by atoms with van der Waals surface area (Å²) in [6, 6.07) is 4.28. The Kier molecular flexibility index (Phi) is 4.56. The minimum Gasteiger partial charge on any atom is -0.497 e. The van der Waals surface area contributed by atoms with Gasteiger partial charge < -0.3 is 9.64 Å². The molecule has 0 aromatic heterocycles. The second-order valence-electron chi connectivity index (χ2n) is 5.80. The molecule has 0 heterocycles. The molecule has 0 saturated carbocycles. The predicted molar refractivity (Wildman–Crippen MR) is 74.0 cm³/mol. The summed E-state index contributed by atoms with van der Waals surface area (Å²) in [5, 5.41) is 0. The Labute approximate surface area is 114 Å². The predicted octanol–water partition coefficient (Wildman–Crippen LogP) is 3.34. The number of methoxy groups -OCH3 is 1. The van der Waals surface area contributed by atoms with Crippen molar-refractivity contribution in [2.45, 2.75) is 33.7 Å². The molecule has 0 aliphatic carbocycles. The number of hydrogen-bond donors (Lipinski definition) is 0. The summed E-state index contributed by atoms with van der Waals surface area (Å²) in [5.74, 6) is -0.472. The number of nitrogens with zero attached hydrogens (tertiary/aromatic N) is 1. The lowest BCUT2D eigenvalue weighted by Gasteiger charge is -2.35. The van der Waals surface area contributed by atoms with E-state index in [9.17, 15) is 9.18 Å². The first-order chi connectivity index (χ1) is 8.68. The average molecular weight is 267 g/mol. The Bertz CT molecular complexity index is 466. The largest absolute Gasteiger partial charge is 0.497 e. The third-order valence-electron chi connectivity index (χ3n) is 3.56. The van der Waals surface area contributed by atoms with E-state index in [0.29, 0.717) is 5.75 Å². The van der Waals surface area contributed by atoms with E-state index in [2.05, 4.69) is 0 Å². The zero-order valence-corrected chi connectivity index (χ0v) is 12.5. The van der Waals surface area contributed by atoms with Gasteiger partial charge in [-0.25, -0.2) is 4.39 Å². The SMILES string of the molecule is COc1ccc(C(=O)N(C)C(C)C(C)(C)C)c(F)c1. The molecule has 0 saturated heterocycles. The van der Waals surface area contributed by atoms with Crippen molar-refractivity contribution in [2.24, 2.45) is 5.41 Å². The molecule has 0 radical (unpaired) electrons. The van der Waals surface area contributed by atoms with Crippen LogP contribution in [0.1, 0.15) is 38.1 Å². The molecular weight excluding hydrogens is 245 g/mol. The number of amides is 1. The molecule has 0 bridgehead atoms. The number of carbonyl (C=O) groups excluding carboxylic acids is 1. The minimum atomic E-state index is -0.558. The van der Waals surface area contributed by atoms with E-state index in [4.69, 9.17) is 4.74 Å². The van der Waals surface area contributed by atoms with Crippen LogP contribution in [0.15, 0.2) is 18.2 Å². The Morgan fingerprint density at radius 3 is 2.37 bits per heavy atom. The quantitative estimate of drug-likeness (QED) is 0.840. The van der Waals surface area contributed by atoms with Crippen LogP contribution in [-0.2, 0) is 0 Å². The fourth-order valence-electron chi connectivity index (χ4n) is 1.74. The number of halogens is 1. The highest BCUT2D eigenvalue weighted by molar-refractivity contribution is 5.94. The van der Waals surface area contributed by atoms with Gasteiger partial charge in [-0.15, -0.1) is 0 Å². The van der Waals surface area contributed by atoms with Crippen molar-refractivity contribution in [3.05, 3.63) is 29.6 Å². The summed E-state index contributed by atoms with van der Waals surface area (Å²) in [4.78, 5) is 13.9. The standard InChI is InChI=1S/C15H22FNO2/c1-10(15(2,3)4)17(5)14(18)12-8-7-11(19-6)9-13(12)16/h7-10H,1-6H3. The summed E-state index contributed by atoms with van der Waals surface area (Å²) in [7, 11) is 3.16. The van der Waals surface area contributed by atoms with Crippen LogP contribution >= 0.6 is 0 Å². The van der Waals surface area contributed by atoms with Gasteiger partial charge in [-0.05, 0) is 24.5 Å². The molecule has 0 fully saturated rings. The van der Waals surface area contributed by atoms with E-state index in [1.165, 1.54) is 19.2 Å². The smallest absolute Gasteiger partial charge is 0.256 e. The molecule has 1 unspecified atom stereocenters. The van der Waals surface area contributed by atoms with Crippen molar-refractivity contribution in [2.75, 3.05) is 14.2 Å². The second-order valence-corrected chi connectivity index (χ2v) is 5.80. The van der Waals surface area contributed by atoms with Gasteiger partial charge >= 0.3 is 0 Å². The van der Waals surface area contributed by atoms with Crippen molar-refractivity contribution in [3.8, 4) is 5.75 Å². The number of carbonyl (C=O) groups is 1. The van der Waals surface area contributed by atoms with Crippen LogP contribution in [0.4, 0.5) is 4.39 Å². The molecule has 19 heavy (non-hydrogen) atoms. The van der Waals surface area contributed by atoms with Gasteiger partial charge in [0.25, 0.3) is 5.91 Å². The molecule has 106 valence electrons. The van der Waals surface area contributed by atoms with Crippen LogP contribution in [0.2, 0.25) is 0 Å². The number of hydrogen-bond acceptors (Lipinski definition) is 2. The minimum absolute atomic E-state index is 0.00139. The van der Waals surface area contributed by atoms with Crippen molar-refractivity contribution in [3.63, 3.8) is 0 Å². The molecule has 1 rings (SSSR count). The molecule has 1 amide bonds. The molecule has 0 N–H and O–H groups in total. The van der Waals surface area contributed by atoms with Gasteiger partial charge in [0.1, 0.15) is 11.6 Å². The highest BCUT2D eigenvalue weighted by Gasteiger charge is 2.28. The summed E-state index contributed by atoms with van der Waals surface area (Å²) in [6.07, 6.45) is 0. The van der Waals surface area contributed by atoms with Crippen LogP contribution in [-0.4, -0.2) is 31.0 Å². The number of benzene rings is 1. The first kappa shape index (κ1) is 15.5. The van der Waals surface area contributed by atoms with Crippen LogP contribution in [0.25, 0.3) is 0 Å². The third-order valence-corrected chi connectivity index (χ3v) is 3.56. The maximum atomic E-state index is 13.9. The third kappa shape index (κ3) is 3.46. The van der Waals surface area contributed by atoms with E-state index in [0.717, 1.165) is 0 Å².